The van der Waals surface area contributed by atoms with Gasteiger partial charge < -0.3 is 9.47 Å². The van der Waals surface area contributed by atoms with E-state index in [1.165, 1.54) is 74.0 Å². The highest BCUT2D eigenvalue weighted by Crippen LogP contribution is 2.58. The van der Waals surface area contributed by atoms with Gasteiger partial charge in [-0.1, -0.05) is 51.4 Å². The average Bonchev–Trinajstić information content (AvgIpc) is 3.92. The summed E-state index contributed by atoms with van der Waals surface area (Å²) in [5.74, 6) is 2.53. The van der Waals surface area contributed by atoms with Gasteiger partial charge in [-0.05, 0) is 101 Å². The van der Waals surface area contributed by atoms with Crippen LogP contribution in [0.15, 0.2) is 34.3 Å². The van der Waals surface area contributed by atoms with Crippen LogP contribution in [0.1, 0.15) is 116 Å². The molecule has 2 aliphatic heterocycles. The van der Waals surface area contributed by atoms with Gasteiger partial charge in [-0.25, -0.2) is 9.98 Å². The quantitative estimate of drug-likeness (QED) is 0.256. The van der Waals surface area contributed by atoms with Gasteiger partial charge in [0.15, 0.2) is 34.6 Å². The molecule has 6 saturated carbocycles. The SMILES string of the molecule is CC1(C)Oc2cc3c(cc2-c2sc(N=C4C(=O)C5CC6CCCCC6CC5C4=O)cc21)OC(C)(C)c1cc(N=C2C(=O)C4CC5CCCCC5CC4C2=O)sc1-3. The number of fused-ring (bicyclic) bond motifs is 10. The van der Waals surface area contributed by atoms with Crippen molar-refractivity contribution in [3.63, 3.8) is 0 Å². The maximum absolute atomic E-state index is 13.7. The van der Waals surface area contributed by atoms with E-state index >= 15 is 0 Å². The van der Waals surface area contributed by atoms with Crippen LogP contribution in [0.4, 0.5) is 10.0 Å². The molecule has 6 fully saturated rings. The van der Waals surface area contributed by atoms with Gasteiger partial charge >= 0.3 is 0 Å². The van der Waals surface area contributed by atoms with E-state index in [-0.39, 0.29) is 58.2 Å². The maximum Gasteiger partial charge on any atom is 0.188 e. The predicted molar refractivity (Wildman–Crippen MR) is 218 cm³/mol. The van der Waals surface area contributed by atoms with Crippen LogP contribution in [-0.2, 0) is 30.4 Å². The van der Waals surface area contributed by atoms with Crippen LogP contribution in [-0.4, -0.2) is 34.6 Å². The smallest absolute Gasteiger partial charge is 0.188 e. The van der Waals surface area contributed by atoms with Gasteiger partial charge in [0.2, 0.25) is 0 Å². The van der Waals surface area contributed by atoms with E-state index < -0.39 is 11.2 Å². The number of ether oxygens (including phenoxy) is 2. The summed E-state index contributed by atoms with van der Waals surface area (Å²) >= 11 is 2.98. The number of benzene rings is 1. The largest absolute Gasteiger partial charge is 0.482 e. The van der Waals surface area contributed by atoms with Crippen molar-refractivity contribution in [1.82, 2.24) is 0 Å². The molecule has 0 N–H and O–H groups in total. The second-order valence-electron chi connectivity index (χ2n) is 19.1. The van der Waals surface area contributed by atoms with Gasteiger partial charge in [-0.2, -0.15) is 0 Å². The Kier molecular flexibility index (Phi) is 7.82. The first-order chi connectivity index (χ1) is 26.8. The molecular formula is C46H48N2O6S2. The van der Waals surface area contributed by atoms with Gasteiger partial charge in [0.05, 0.1) is 0 Å². The number of aliphatic imine (C=N–C) groups is 2. The molecule has 1 aromatic carbocycles. The van der Waals surface area contributed by atoms with Crippen molar-refractivity contribution in [1.29, 1.82) is 0 Å². The molecule has 0 radical (unpaired) electrons. The first-order valence-electron chi connectivity index (χ1n) is 21.0. The molecule has 2 aromatic heterocycles. The Labute approximate surface area is 335 Å². The van der Waals surface area contributed by atoms with E-state index in [2.05, 4.69) is 0 Å². The minimum atomic E-state index is -0.694. The highest BCUT2D eigenvalue weighted by Gasteiger charge is 2.54. The van der Waals surface area contributed by atoms with Crippen LogP contribution in [0.5, 0.6) is 11.5 Å². The van der Waals surface area contributed by atoms with Crippen molar-refractivity contribution in [3.8, 4) is 32.4 Å². The summed E-state index contributed by atoms with van der Waals surface area (Å²) in [4.78, 5) is 66.6. The Morgan fingerprint density at radius 3 is 1.16 bits per heavy atom. The van der Waals surface area contributed by atoms with Crippen molar-refractivity contribution in [2.24, 2.45) is 57.3 Å². The summed E-state index contributed by atoms with van der Waals surface area (Å²) in [5, 5.41) is 1.29. The third-order valence-electron chi connectivity index (χ3n) is 15.1. The van der Waals surface area contributed by atoms with Gasteiger partial charge in [0.25, 0.3) is 0 Å². The van der Waals surface area contributed by atoms with Crippen LogP contribution >= 0.6 is 22.7 Å². The predicted octanol–water partition coefficient (Wildman–Crippen LogP) is 10.5. The molecule has 10 heteroatoms. The lowest BCUT2D eigenvalue weighted by Gasteiger charge is -2.39. The van der Waals surface area contributed by atoms with Crippen LogP contribution in [0.25, 0.3) is 20.9 Å². The Morgan fingerprint density at radius 2 is 0.839 bits per heavy atom. The highest BCUT2D eigenvalue weighted by molar-refractivity contribution is 7.20. The minimum Gasteiger partial charge on any atom is -0.482 e. The molecular weight excluding hydrogens is 741 g/mol. The monoisotopic (exact) mass is 788 g/mol. The number of thiophene rings is 2. The van der Waals surface area contributed by atoms with Crippen molar-refractivity contribution in [3.05, 3.63) is 35.4 Å². The molecule has 8 nitrogen and oxygen atoms in total. The Hall–Kier alpha value is -3.76. The van der Waals surface area contributed by atoms with Crippen molar-refractivity contribution in [2.45, 2.75) is 116 Å². The molecule has 8 atom stereocenters. The van der Waals surface area contributed by atoms with E-state index in [1.807, 2.05) is 52.0 Å². The van der Waals surface area contributed by atoms with Crippen LogP contribution in [0, 0.1) is 47.3 Å². The fourth-order valence-corrected chi connectivity index (χ4v) is 14.6. The maximum atomic E-state index is 13.7. The van der Waals surface area contributed by atoms with Crippen LogP contribution in [0.3, 0.4) is 0 Å². The van der Waals surface area contributed by atoms with E-state index in [0.29, 0.717) is 45.2 Å². The second kappa shape index (κ2) is 12.4. The summed E-state index contributed by atoms with van der Waals surface area (Å²) in [6.07, 6.45) is 12.9. The number of Topliss-reactive ketones (excluding diaryl/α,β-unsaturated/α-hetero) is 4. The number of carbonyl (C=O) groups excluding carboxylic acids is 4. The lowest BCUT2D eigenvalue weighted by molar-refractivity contribution is -0.123. The first-order valence-corrected chi connectivity index (χ1v) is 22.7. The minimum absolute atomic E-state index is 0.0648. The van der Waals surface area contributed by atoms with Gasteiger partial charge in [-0.3, -0.25) is 19.2 Å². The lowest BCUT2D eigenvalue weighted by atomic mass is 9.64. The van der Waals surface area contributed by atoms with Crippen LogP contribution < -0.4 is 9.47 Å². The Morgan fingerprint density at radius 1 is 0.518 bits per heavy atom. The van der Waals surface area contributed by atoms with E-state index in [9.17, 15) is 19.2 Å². The molecule has 290 valence electrons. The van der Waals surface area contributed by atoms with Crippen molar-refractivity contribution >= 4 is 67.2 Å². The first kappa shape index (κ1) is 35.4. The fourth-order valence-electron chi connectivity index (χ4n) is 12.2. The van der Waals surface area contributed by atoms with E-state index in [0.717, 1.165) is 57.7 Å². The molecule has 6 aliphatic carbocycles. The van der Waals surface area contributed by atoms with E-state index in [1.54, 1.807) is 0 Å². The highest BCUT2D eigenvalue weighted by atomic mass is 32.1. The van der Waals surface area contributed by atoms with Gasteiger partial charge in [0.1, 0.15) is 32.7 Å². The molecule has 0 spiro atoms. The summed E-state index contributed by atoms with van der Waals surface area (Å²) in [6.45, 7) is 8.14. The van der Waals surface area contributed by atoms with E-state index in [4.69, 9.17) is 19.5 Å². The van der Waals surface area contributed by atoms with Crippen LogP contribution in [0.2, 0.25) is 0 Å². The molecule has 0 saturated heterocycles. The molecule has 3 aromatic rings. The third-order valence-corrected chi connectivity index (χ3v) is 17.2. The molecule has 11 rings (SSSR count). The molecule has 56 heavy (non-hydrogen) atoms. The number of nitrogens with zero attached hydrogens (tertiary/aromatic N) is 2. The van der Waals surface area contributed by atoms with Crippen molar-refractivity contribution in [2.75, 3.05) is 0 Å². The molecule has 0 bridgehead atoms. The van der Waals surface area contributed by atoms with Gasteiger partial charge in [0, 0.05) is 55.7 Å². The van der Waals surface area contributed by atoms with Crippen molar-refractivity contribution < 1.29 is 28.7 Å². The summed E-state index contributed by atoms with van der Waals surface area (Å²) in [6, 6.07) is 8.05. The zero-order valence-electron chi connectivity index (χ0n) is 32.6. The summed E-state index contributed by atoms with van der Waals surface area (Å²) < 4.78 is 13.5. The fraction of sp³-hybridized carbons (Fsp3) is 0.565. The Balaban J connectivity index is 0.924. The Bertz CT molecular complexity index is 2110. The normalized spacial score (nSPS) is 33.1. The zero-order chi connectivity index (χ0) is 38.4. The third kappa shape index (κ3) is 5.26. The zero-order valence-corrected chi connectivity index (χ0v) is 34.2. The van der Waals surface area contributed by atoms with Gasteiger partial charge in [-0.15, -0.1) is 22.7 Å². The number of ketones is 4. The topological polar surface area (TPSA) is 111 Å². The summed E-state index contributed by atoms with van der Waals surface area (Å²) in [7, 11) is 0. The summed E-state index contributed by atoms with van der Waals surface area (Å²) in [5.41, 5.74) is 2.58. The number of rotatable bonds is 2. The standard InChI is InChI=1S/C46H48N2O6S2/c1-45(2)31-19-35(47-37-39(49)25-13-21-9-5-6-10-22(21)14-26(25)40(37)50)55-43(31)29-18-34-30(17-33(29)53-45)44-32(46(3,4)54-34)20-36(56-44)48-38-41(51)27-15-23-11-7-8-12-24(23)16-28(27)42(38)52/h17-28H,5-16H2,1-4H3. The molecule has 4 heterocycles. The average molecular weight is 789 g/mol. The number of hydrogen-bond acceptors (Lipinski definition) is 10. The molecule has 8 aliphatic rings. The molecule has 0 amide bonds. The number of carbonyl (C=O) groups is 4. The molecule has 8 unspecified atom stereocenters. The number of hydrogen-bond donors (Lipinski definition) is 0. The lowest BCUT2D eigenvalue weighted by Crippen LogP contribution is -2.35. The second-order valence-corrected chi connectivity index (χ2v) is 21.1.